The number of halogens is 4. The van der Waals surface area contributed by atoms with E-state index in [1.807, 2.05) is 0 Å². The van der Waals surface area contributed by atoms with Crippen molar-refractivity contribution in [1.29, 1.82) is 0 Å². The Kier molecular flexibility index (Phi) is 10.5. The molecule has 1 aliphatic rings. The molecule has 2 aromatic heterocycles. The zero-order chi connectivity index (χ0) is 30.6. The summed E-state index contributed by atoms with van der Waals surface area (Å²) in [5.74, 6) is 3.65. The largest absolute Gasteiger partial charge is 0.471 e. The molecule has 0 bridgehead atoms. The quantitative estimate of drug-likeness (QED) is 0.145. The summed E-state index contributed by atoms with van der Waals surface area (Å²) in [6.07, 6.45) is -1.22. The first kappa shape index (κ1) is 32.8. The van der Waals surface area contributed by atoms with E-state index in [1.165, 1.54) is 6.33 Å². The average molecular weight is 617 g/mol. The van der Waals surface area contributed by atoms with Crippen LogP contribution in [0.15, 0.2) is 17.5 Å². The molecule has 1 amide bonds. The predicted octanol–water partition coefficient (Wildman–Crippen LogP) is 4.57. The number of nitrogens with zero attached hydrogens (tertiary/aromatic N) is 5. The number of hydrogen-bond donors (Lipinski definition) is 1. The van der Waals surface area contributed by atoms with Crippen molar-refractivity contribution in [3.8, 4) is 11.8 Å². The van der Waals surface area contributed by atoms with Crippen LogP contribution < -0.4 is 5.32 Å². The summed E-state index contributed by atoms with van der Waals surface area (Å²) in [7, 11) is 1.53. The van der Waals surface area contributed by atoms with Crippen LogP contribution in [0.1, 0.15) is 39.0 Å². The smallest absolute Gasteiger partial charge is 0.414 e. The number of carbonyl (C=O) groups excluding carboxylic acids is 1. The lowest BCUT2D eigenvalue weighted by Gasteiger charge is -2.37. The van der Waals surface area contributed by atoms with Gasteiger partial charge < -0.3 is 28.7 Å². The van der Waals surface area contributed by atoms with Crippen LogP contribution in [0.5, 0.6) is 0 Å². The number of alkyl halides is 4. The van der Waals surface area contributed by atoms with Crippen molar-refractivity contribution in [3.63, 3.8) is 0 Å². The van der Waals surface area contributed by atoms with Crippen molar-refractivity contribution in [3.05, 3.63) is 18.1 Å². The Morgan fingerprint density at radius 1 is 1.34 bits per heavy atom. The molecule has 3 heterocycles. The summed E-state index contributed by atoms with van der Waals surface area (Å²) in [5, 5.41) is 2.24. The number of carbonyl (C=O) groups is 1. The first-order valence-electron chi connectivity index (χ1n) is 12.9. The number of amides is 1. The van der Waals surface area contributed by atoms with Crippen LogP contribution in [0.25, 0.3) is 11.0 Å². The van der Waals surface area contributed by atoms with Gasteiger partial charge in [-0.15, -0.1) is 0 Å². The van der Waals surface area contributed by atoms with Gasteiger partial charge in [-0.3, -0.25) is 4.79 Å². The summed E-state index contributed by atoms with van der Waals surface area (Å²) in [6.45, 7) is 10.6. The van der Waals surface area contributed by atoms with Crippen LogP contribution in [0.3, 0.4) is 0 Å². The fourth-order valence-corrected chi connectivity index (χ4v) is 4.98. The lowest BCUT2D eigenvalue weighted by atomic mass is 10.2. The summed E-state index contributed by atoms with van der Waals surface area (Å²) in [5.41, 5.74) is 0.877. The SMILES string of the molecule is CN(C)/C=N/c1ncnc2c1c(C#CCNC(=O)C(F)(F)F)cn2[C@H]1C[C@H](OCCl)[C@@H](CO[Si](C)(C)C(C)(C)C)O1. The zero-order valence-electron chi connectivity index (χ0n) is 24.2. The van der Waals surface area contributed by atoms with Gasteiger partial charge in [-0.1, -0.05) is 44.2 Å². The van der Waals surface area contributed by atoms with E-state index >= 15 is 0 Å². The Bertz CT molecular complexity index is 1320. The molecule has 0 spiro atoms. The topological polar surface area (TPSA) is 103 Å². The average Bonchev–Trinajstić information content (AvgIpc) is 3.44. The monoisotopic (exact) mass is 616 g/mol. The second-order valence-electron chi connectivity index (χ2n) is 11.3. The van der Waals surface area contributed by atoms with Gasteiger partial charge in [0.15, 0.2) is 14.1 Å². The molecule has 0 aliphatic carbocycles. The highest BCUT2D eigenvalue weighted by atomic mass is 35.5. The molecule has 0 aromatic carbocycles. The van der Waals surface area contributed by atoms with Crippen LogP contribution in [-0.4, -0.2) is 91.7 Å². The van der Waals surface area contributed by atoms with E-state index in [4.69, 9.17) is 25.5 Å². The molecule has 3 atom stereocenters. The molecule has 2 aromatic rings. The molecule has 1 aliphatic heterocycles. The van der Waals surface area contributed by atoms with Crippen molar-refractivity contribution in [2.45, 2.75) is 69.9 Å². The molecule has 10 nitrogen and oxygen atoms in total. The molecule has 0 saturated carbocycles. The third-order valence-corrected chi connectivity index (χ3v) is 11.6. The number of aromatic nitrogens is 3. The van der Waals surface area contributed by atoms with E-state index in [1.54, 1.807) is 41.4 Å². The van der Waals surface area contributed by atoms with E-state index in [0.717, 1.165) is 0 Å². The minimum absolute atomic E-state index is 0.0119. The molecule has 226 valence electrons. The number of rotatable bonds is 9. The van der Waals surface area contributed by atoms with E-state index in [0.29, 0.717) is 35.4 Å². The van der Waals surface area contributed by atoms with Gasteiger partial charge in [-0.25, -0.2) is 15.0 Å². The Balaban J connectivity index is 1.96. The van der Waals surface area contributed by atoms with Gasteiger partial charge >= 0.3 is 12.1 Å². The Labute approximate surface area is 243 Å². The Morgan fingerprint density at radius 2 is 2.05 bits per heavy atom. The molecule has 0 unspecified atom stereocenters. The Morgan fingerprint density at radius 3 is 2.66 bits per heavy atom. The molecular weight excluding hydrogens is 581 g/mol. The lowest BCUT2D eigenvalue weighted by Crippen LogP contribution is -2.44. The summed E-state index contributed by atoms with van der Waals surface area (Å²) < 4.78 is 58.0. The molecule has 1 N–H and O–H groups in total. The predicted molar refractivity (Wildman–Crippen MR) is 153 cm³/mol. The number of hydrogen-bond acceptors (Lipinski definition) is 7. The first-order valence-corrected chi connectivity index (χ1v) is 16.4. The van der Waals surface area contributed by atoms with Gasteiger partial charge in [0, 0.05) is 26.7 Å². The first-order chi connectivity index (χ1) is 19.0. The van der Waals surface area contributed by atoms with Gasteiger partial charge in [0.1, 0.15) is 30.4 Å². The second-order valence-corrected chi connectivity index (χ2v) is 16.3. The van der Waals surface area contributed by atoms with Gasteiger partial charge in [-0.2, -0.15) is 13.2 Å². The highest BCUT2D eigenvalue weighted by Gasteiger charge is 2.42. The Hall–Kier alpha value is -2.70. The molecular formula is C26H36ClF3N6O4Si. The second kappa shape index (κ2) is 13.1. The van der Waals surface area contributed by atoms with Crippen molar-refractivity contribution >= 4 is 49.0 Å². The number of fused-ring (bicyclic) bond motifs is 1. The van der Waals surface area contributed by atoms with Crippen molar-refractivity contribution < 1.29 is 31.9 Å². The van der Waals surface area contributed by atoms with Crippen molar-refractivity contribution in [2.24, 2.45) is 4.99 Å². The van der Waals surface area contributed by atoms with Gasteiger partial charge in [-0.05, 0) is 18.1 Å². The fraction of sp³-hybridized carbons (Fsp3) is 0.615. The minimum atomic E-state index is -4.99. The third-order valence-electron chi connectivity index (χ3n) is 7.00. The van der Waals surface area contributed by atoms with Crippen LogP contribution >= 0.6 is 11.6 Å². The van der Waals surface area contributed by atoms with Crippen molar-refractivity contribution in [2.75, 3.05) is 33.3 Å². The zero-order valence-corrected chi connectivity index (χ0v) is 25.9. The maximum atomic E-state index is 12.5. The standard InChI is InChI=1S/C26H36ClF3N6O4Si/c1-25(2,3)41(6,7)39-13-19-18(38-14-27)11-20(40-19)36-12-17(9-8-10-31-24(37)26(28,29)30)21-22(34-16-35(4)5)32-15-33-23(21)36/h12,15-16,18-20H,10-11,13-14H2,1-7H3,(H,31,37)/b34-16+/t18-,19+,20+/m0/s1. The number of nitrogens with one attached hydrogen (secondary N) is 1. The molecule has 1 fully saturated rings. The van der Waals surface area contributed by atoms with E-state index in [-0.39, 0.29) is 17.2 Å². The summed E-state index contributed by atoms with van der Waals surface area (Å²) >= 11 is 5.93. The highest BCUT2D eigenvalue weighted by Crippen LogP contribution is 2.39. The maximum Gasteiger partial charge on any atom is 0.471 e. The summed E-state index contributed by atoms with van der Waals surface area (Å²) in [4.78, 5) is 26.0. The molecule has 0 radical (unpaired) electrons. The number of ether oxygens (including phenoxy) is 2. The van der Waals surface area contributed by atoms with Crippen LogP contribution in [0, 0.1) is 11.8 Å². The van der Waals surface area contributed by atoms with Gasteiger partial charge in [0.25, 0.3) is 0 Å². The molecule has 15 heteroatoms. The number of aliphatic imine (C=N–C) groups is 1. The third kappa shape index (κ3) is 8.20. The van der Waals surface area contributed by atoms with Crippen LogP contribution in [0.2, 0.25) is 18.1 Å². The molecule has 3 rings (SSSR count). The van der Waals surface area contributed by atoms with Crippen molar-refractivity contribution in [1.82, 2.24) is 24.8 Å². The minimum Gasteiger partial charge on any atom is -0.414 e. The molecule has 1 saturated heterocycles. The maximum absolute atomic E-state index is 12.5. The lowest BCUT2D eigenvalue weighted by molar-refractivity contribution is -0.173. The van der Waals surface area contributed by atoms with E-state index in [2.05, 4.69) is 60.7 Å². The highest BCUT2D eigenvalue weighted by molar-refractivity contribution is 6.74. The summed E-state index contributed by atoms with van der Waals surface area (Å²) in [6, 6.07) is -0.0181. The van der Waals surface area contributed by atoms with Gasteiger partial charge in [0.2, 0.25) is 0 Å². The fourth-order valence-electron chi connectivity index (χ4n) is 3.80. The van der Waals surface area contributed by atoms with Crippen LogP contribution in [0.4, 0.5) is 19.0 Å². The van der Waals surface area contributed by atoms with Gasteiger partial charge in [0.05, 0.1) is 36.5 Å². The van der Waals surface area contributed by atoms with E-state index < -0.39 is 39.3 Å². The molecule has 41 heavy (non-hydrogen) atoms. The van der Waals surface area contributed by atoms with E-state index in [9.17, 15) is 18.0 Å². The normalized spacial score (nSPS) is 19.9. The van der Waals surface area contributed by atoms with Crippen LogP contribution in [-0.2, 0) is 18.7 Å².